The molecule has 0 aromatic heterocycles. The first-order valence-electron chi connectivity index (χ1n) is 16.1. The Morgan fingerprint density at radius 3 is 1.33 bits per heavy atom. The molecule has 6 rings (SSSR count). The molecular weight excluding hydrogens is 560 g/mol. The molecule has 3 fully saturated rings. The van der Waals surface area contributed by atoms with Gasteiger partial charge in [0, 0.05) is 92.9 Å². The lowest BCUT2D eigenvalue weighted by Gasteiger charge is -2.35. The number of rotatable bonds is 6. The van der Waals surface area contributed by atoms with Gasteiger partial charge in [-0.1, -0.05) is 19.1 Å². The van der Waals surface area contributed by atoms with Gasteiger partial charge in [-0.25, -0.2) is 15.0 Å². The van der Waals surface area contributed by atoms with E-state index in [9.17, 15) is 0 Å². The molecule has 0 radical (unpaired) electrons. The highest BCUT2D eigenvalue weighted by Gasteiger charge is 2.27. The van der Waals surface area contributed by atoms with Crippen molar-refractivity contribution in [1.29, 1.82) is 0 Å². The highest BCUT2D eigenvalue weighted by atomic mass is 15.4. The minimum absolute atomic E-state index is 0.131. The van der Waals surface area contributed by atoms with Crippen molar-refractivity contribution in [2.75, 3.05) is 86.5 Å². The highest BCUT2D eigenvalue weighted by molar-refractivity contribution is 5.85. The number of nitrogens with zero attached hydrogens (tertiary/aromatic N) is 10. The number of likely N-dealkylation sites (N-methyl/N-ethyl adjacent to an activating group) is 6. The van der Waals surface area contributed by atoms with Crippen molar-refractivity contribution in [3.8, 4) is 0 Å². The van der Waals surface area contributed by atoms with Crippen molar-refractivity contribution in [3.05, 3.63) is 72.5 Å². The second kappa shape index (κ2) is 12.9. The number of guanidine groups is 3. The molecule has 10 heteroatoms. The van der Waals surface area contributed by atoms with Gasteiger partial charge in [0.15, 0.2) is 0 Å². The number of hydrogen-bond acceptors (Lipinski definition) is 4. The summed E-state index contributed by atoms with van der Waals surface area (Å²) in [6, 6.07) is 17.5. The van der Waals surface area contributed by atoms with E-state index < -0.39 is 0 Å². The molecule has 1 aliphatic carbocycles. The molecule has 3 saturated heterocycles. The molecule has 2 atom stereocenters. The van der Waals surface area contributed by atoms with Crippen LogP contribution in [0, 0.1) is 5.92 Å². The van der Waals surface area contributed by atoms with Gasteiger partial charge in [-0.05, 0) is 66.9 Å². The fourth-order valence-corrected chi connectivity index (χ4v) is 6.43. The molecule has 0 amide bonds. The fraction of sp³-hybridized carbons (Fsp3) is 0.457. The summed E-state index contributed by atoms with van der Waals surface area (Å²) in [4.78, 5) is 30.7. The molecule has 2 aromatic carbocycles. The van der Waals surface area contributed by atoms with E-state index in [0.717, 1.165) is 92.0 Å². The quantitative estimate of drug-likeness (QED) is 0.474. The minimum Gasteiger partial charge on any atom is -0.344 e. The molecular formula is C35H48N10. The highest BCUT2D eigenvalue weighted by Crippen LogP contribution is 2.36. The third-order valence-corrected chi connectivity index (χ3v) is 9.35. The topological polar surface area (TPSA) is 59.8 Å². The molecule has 45 heavy (non-hydrogen) atoms. The summed E-state index contributed by atoms with van der Waals surface area (Å²) in [5.74, 6) is 3.41. The average Bonchev–Trinajstić information content (AvgIpc) is 3.60. The van der Waals surface area contributed by atoms with Gasteiger partial charge in [0.25, 0.3) is 0 Å². The second-order valence-electron chi connectivity index (χ2n) is 12.9. The van der Waals surface area contributed by atoms with Crippen molar-refractivity contribution in [1.82, 2.24) is 29.4 Å². The normalized spacial score (nSPS) is 22.0. The van der Waals surface area contributed by atoms with Crippen LogP contribution in [0.2, 0.25) is 0 Å². The van der Waals surface area contributed by atoms with Crippen LogP contribution in [0.5, 0.6) is 0 Å². The predicted octanol–water partition coefficient (Wildman–Crippen LogP) is 4.64. The Bertz CT molecular complexity index is 1390. The second-order valence-corrected chi connectivity index (χ2v) is 12.9. The Morgan fingerprint density at radius 1 is 0.556 bits per heavy atom. The van der Waals surface area contributed by atoms with Gasteiger partial charge in [0.05, 0.1) is 23.1 Å². The van der Waals surface area contributed by atoms with Crippen LogP contribution in [0.3, 0.4) is 0 Å². The molecule has 10 nitrogen and oxygen atoms in total. The first kappa shape index (κ1) is 30.6. The third-order valence-electron chi connectivity index (χ3n) is 9.35. The van der Waals surface area contributed by atoms with E-state index >= 15 is 0 Å². The number of allylic oxidation sites excluding steroid dienone is 2. The standard InChI is InChI=1S/C35H48N10/c1-26-8-9-27(36-33-39(2)20-21-40(33)3)14-19-32(26)45(30-15-10-28(11-16-30)37-34-41(4)22-23-42(34)5)31-17-12-29(13-18-31)38-35-43(6)24-25-44(35)7/h9-19,26,32H,8,20-25H2,1-7H3. The van der Waals surface area contributed by atoms with Crippen LogP contribution >= 0.6 is 0 Å². The molecule has 0 N–H and O–H groups in total. The van der Waals surface area contributed by atoms with Crippen LogP contribution < -0.4 is 4.90 Å². The molecule has 0 bridgehead atoms. The number of benzene rings is 2. The summed E-state index contributed by atoms with van der Waals surface area (Å²) in [7, 11) is 12.6. The summed E-state index contributed by atoms with van der Waals surface area (Å²) in [5.41, 5.74) is 5.20. The Balaban J connectivity index is 1.33. The van der Waals surface area contributed by atoms with Gasteiger partial charge in [0.1, 0.15) is 0 Å². The van der Waals surface area contributed by atoms with Crippen molar-refractivity contribution in [3.63, 3.8) is 0 Å². The summed E-state index contributed by atoms with van der Waals surface area (Å²) >= 11 is 0. The van der Waals surface area contributed by atoms with E-state index in [1.807, 2.05) is 0 Å². The largest absolute Gasteiger partial charge is 0.344 e. The van der Waals surface area contributed by atoms with E-state index in [1.54, 1.807) is 0 Å². The van der Waals surface area contributed by atoms with Crippen LogP contribution in [0.4, 0.5) is 22.7 Å². The Morgan fingerprint density at radius 2 is 0.933 bits per heavy atom. The first-order chi connectivity index (χ1) is 21.7. The zero-order chi connectivity index (χ0) is 31.7. The van der Waals surface area contributed by atoms with Crippen molar-refractivity contribution in [2.45, 2.75) is 19.4 Å². The molecule has 2 unspecified atom stereocenters. The Kier molecular flexibility index (Phi) is 8.74. The summed E-state index contributed by atoms with van der Waals surface area (Å²) in [6.45, 7) is 8.32. The van der Waals surface area contributed by atoms with Crippen LogP contribution in [0.1, 0.15) is 13.3 Å². The SMILES string of the molecule is CC1CC=C(N=C2N(C)CCN2C)C=CC1N(c1ccc(N=C2N(C)CCN2C)cc1)c1ccc(N=C2N(C)CCN2C)cc1. The van der Waals surface area contributed by atoms with E-state index in [4.69, 9.17) is 15.0 Å². The lowest BCUT2D eigenvalue weighted by Crippen LogP contribution is -2.34. The van der Waals surface area contributed by atoms with Crippen LogP contribution in [-0.2, 0) is 0 Å². The van der Waals surface area contributed by atoms with Crippen molar-refractivity contribution >= 4 is 40.6 Å². The smallest absolute Gasteiger partial charge is 0.201 e. The van der Waals surface area contributed by atoms with Crippen LogP contribution in [0.15, 0.2) is 87.4 Å². The number of hydrogen-bond donors (Lipinski definition) is 0. The zero-order valence-corrected chi connectivity index (χ0v) is 27.9. The van der Waals surface area contributed by atoms with Crippen LogP contribution in [-0.4, -0.2) is 135 Å². The van der Waals surface area contributed by atoms with Crippen LogP contribution in [0.25, 0.3) is 0 Å². The lowest BCUT2D eigenvalue weighted by atomic mass is 9.96. The van der Waals surface area contributed by atoms with Gasteiger partial charge in [-0.2, -0.15) is 0 Å². The van der Waals surface area contributed by atoms with Gasteiger partial charge >= 0.3 is 0 Å². The van der Waals surface area contributed by atoms with Gasteiger partial charge in [0.2, 0.25) is 17.9 Å². The monoisotopic (exact) mass is 608 g/mol. The fourth-order valence-electron chi connectivity index (χ4n) is 6.43. The minimum atomic E-state index is 0.131. The Labute approximate surface area is 268 Å². The molecule has 2 aromatic rings. The lowest BCUT2D eigenvalue weighted by molar-refractivity contribution is 0.520. The van der Waals surface area contributed by atoms with Gasteiger partial charge in [-0.3, -0.25) is 0 Å². The summed E-state index contributed by atoms with van der Waals surface area (Å²) in [6.07, 6.45) is 7.75. The molecule has 0 spiro atoms. The number of anilines is 2. The maximum Gasteiger partial charge on any atom is 0.201 e. The van der Waals surface area contributed by atoms with E-state index in [2.05, 4.69) is 150 Å². The Hall–Kier alpha value is -4.47. The van der Waals surface area contributed by atoms with E-state index in [1.165, 1.54) is 0 Å². The first-order valence-corrected chi connectivity index (χ1v) is 16.1. The molecule has 238 valence electrons. The maximum absolute atomic E-state index is 5.05. The van der Waals surface area contributed by atoms with Gasteiger partial charge < -0.3 is 34.3 Å². The maximum atomic E-state index is 5.05. The molecule has 4 aliphatic rings. The third kappa shape index (κ3) is 6.50. The average molecular weight is 609 g/mol. The number of aliphatic imine (C=N–C) groups is 3. The van der Waals surface area contributed by atoms with E-state index in [-0.39, 0.29) is 6.04 Å². The summed E-state index contributed by atoms with van der Waals surface area (Å²) in [5, 5.41) is 0. The summed E-state index contributed by atoms with van der Waals surface area (Å²) < 4.78 is 0. The molecule has 3 aliphatic heterocycles. The predicted molar refractivity (Wildman–Crippen MR) is 187 cm³/mol. The molecule has 0 saturated carbocycles. The van der Waals surface area contributed by atoms with Crippen molar-refractivity contribution < 1.29 is 0 Å². The van der Waals surface area contributed by atoms with E-state index in [0.29, 0.717) is 5.92 Å². The van der Waals surface area contributed by atoms with Gasteiger partial charge in [-0.15, -0.1) is 0 Å². The zero-order valence-electron chi connectivity index (χ0n) is 27.9. The van der Waals surface area contributed by atoms with Crippen molar-refractivity contribution in [2.24, 2.45) is 20.9 Å². The molecule has 3 heterocycles.